The van der Waals surface area contributed by atoms with Crippen LogP contribution in [-0.4, -0.2) is 247 Å². The van der Waals surface area contributed by atoms with Crippen molar-refractivity contribution in [3.8, 4) is 11.5 Å². The standard InChI is InChI=1S/C91H118N18O17/c1-52(104(15)86(119)125-90(9,10)11)77(110)97-74(88(3,4)5)83(116)106-40-38-70-72(106)81(114)94-67(46-56-26-32-58-22-18-20-24-60(58)42-56)79(112)93-66(76(92)101-121)44-54-28-34-64(35-29-54)123-50-62-48-109(103-99-62)71-39-41-107(84(117)75(89(6,7)8)98-78(111)53(2)105(16)87(120)126-91(12,13)14)73(71)82(115)95-68(47-57-27-33-59-23-19-21-25-61(59)43-57)80(113)96-69(85(118)122-17)45-55-30-36-65(37-31-55)124-51-63-49-108(70)102-100-63/h18-37,42-43,49,52-53,62,66-75,121H,38-41,44-48,50-51H2,1-17H3,(H2,92,101)(H,93,112)(H,94,114)(H,95,115)(H,96,113)(H,97,110)(H,98,111). The molecule has 9 N–H and O–H groups in total. The zero-order valence-corrected chi connectivity index (χ0v) is 74.5. The minimum Gasteiger partial charge on any atom is -0.491 e. The molecule has 126 heavy (non-hydrogen) atoms. The maximum atomic E-state index is 15.9. The van der Waals surface area contributed by atoms with E-state index >= 15 is 28.8 Å². The van der Waals surface area contributed by atoms with E-state index < -0.39 is 172 Å². The van der Waals surface area contributed by atoms with Gasteiger partial charge < -0.3 is 65.4 Å². The number of nitrogens with one attached hydrogen (secondary N) is 8. The second-order valence-electron chi connectivity index (χ2n) is 36.8. The van der Waals surface area contributed by atoms with Crippen LogP contribution in [0.25, 0.3) is 21.5 Å². The van der Waals surface area contributed by atoms with Crippen LogP contribution < -0.4 is 46.9 Å². The van der Waals surface area contributed by atoms with E-state index in [0.717, 1.165) is 31.3 Å². The zero-order chi connectivity index (χ0) is 91.6. The quantitative estimate of drug-likeness (QED) is 0.0166. The van der Waals surface area contributed by atoms with Crippen molar-refractivity contribution < 1.29 is 81.6 Å². The molecule has 13 unspecified atom stereocenters. The first-order valence-electron chi connectivity index (χ1n) is 42.3. The van der Waals surface area contributed by atoms with Gasteiger partial charge in [-0.25, -0.2) is 19.1 Å². The number of hydrogen-bond donors (Lipinski definition) is 9. The molecular weight excluding hydrogens is 1620 g/mol. The van der Waals surface area contributed by atoms with Crippen molar-refractivity contribution >= 4 is 92.8 Å². The Kier molecular flexibility index (Phi) is 29.5. The molecule has 0 radical (unpaired) electrons. The lowest BCUT2D eigenvalue weighted by Crippen LogP contribution is -2.63. The van der Waals surface area contributed by atoms with Crippen LogP contribution in [-0.2, 0) is 89.7 Å². The summed E-state index contributed by atoms with van der Waals surface area (Å²) in [6.45, 7) is 23.3. The van der Waals surface area contributed by atoms with E-state index in [4.69, 9.17) is 29.1 Å². The molecular formula is C91H118N18O17. The molecule has 0 saturated carbocycles. The van der Waals surface area contributed by atoms with Crippen LogP contribution in [0.15, 0.2) is 150 Å². The van der Waals surface area contributed by atoms with Crippen molar-refractivity contribution in [1.29, 1.82) is 5.41 Å². The number of hydrogen-bond acceptors (Lipinski definition) is 23. The summed E-state index contributed by atoms with van der Waals surface area (Å²) in [6.07, 6.45) is -0.189. The monoisotopic (exact) mass is 1730 g/mol. The van der Waals surface area contributed by atoms with Crippen molar-refractivity contribution in [3.63, 3.8) is 0 Å². The van der Waals surface area contributed by atoms with Crippen LogP contribution in [0.4, 0.5) is 9.59 Å². The molecule has 8 heterocycles. The van der Waals surface area contributed by atoms with Gasteiger partial charge in [-0.1, -0.05) is 161 Å². The molecule has 10 amide bonds. The Morgan fingerprint density at radius 1 is 0.571 bits per heavy atom. The number of nitrogens with zero attached hydrogens (tertiary/aromatic N) is 10. The van der Waals surface area contributed by atoms with Crippen LogP contribution in [0.2, 0.25) is 0 Å². The van der Waals surface area contributed by atoms with Crippen molar-refractivity contribution in [2.24, 2.45) is 21.2 Å². The van der Waals surface area contributed by atoms with Crippen LogP contribution in [0, 0.1) is 16.2 Å². The summed E-state index contributed by atoms with van der Waals surface area (Å²) in [5.74, 6) is -6.44. The summed E-state index contributed by atoms with van der Waals surface area (Å²) in [6, 6.07) is 24.0. The number of aromatic nitrogens is 3. The fourth-order valence-corrected chi connectivity index (χ4v) is 15.6. The number of fused-ring (bicyclic) bond motifs is 2. The van der Waals surface area contributed by atoms with E-state index in [2.05, 4.69) is 52.6 Å². The molecule has 14 rings (SSSR count). The fourth-order valence-electron chi connectivity index (χ4n) is 15.6. The van der Waals surface area contributed by atoms with Crippen molar-refractivity contribution in [1.82, 2.24) is 77.0 Å². The van der Waals surface area contributed by atoms with E-state index in [1.54, 1.807) is 143 Å². The number of carbonyl (C=O) groups is 11. The molecule has 35 heteroatoms. The summed E-state index contributed by atoms with van der Waals surface area (Å²) < 4.78 is 30.5. The molecule has 674 valence electrons. The number of amides is 10. The van der Waals surface area contributed by atoms with Gasteiger partial charge in [0.25, 0.3) is 0 Å². The molecule has 7 aliphatic heterocycles. The van der Waals surface area contributed by atoms with Gasteiger partial charge in [-0.05, 0) is 154 Å². The van der Waals surface area contributed by atoms with E-state index in [1.165, 1.54) is 49.5 Å². The Bertz CT molecular complexity index is 5190. The second kappa shape index (κ2) is 39.6. The number of benzene rings is 6. The Balaban J connectivity index is 0.940. The average Bonchev–Trinajstić information content (AvgIpc) is 1.61. The topological polar surface area (TPSA) is 434 Å². The minimum absolute atomic E-state index is 0.0398. The van der Waals surface area contributed by atoms with Gasteiger partial charge in [0.15, 0.2) is 0 Å². The normalized spacial score (nSPS) is 21.6. The van der Waals surface area contributed by atoms with Crippen molar-refractivity contribution in [2.75, 3.05) is 47.4 Å². The maximum absolute atomic E-state index is 15.9. The molecule has 7 aliphatic rings. The number of likely N-dealkylation sites (N-methyl/N-ethyl adjacent to an activating group) is 2. The summed E-state index contributed by atoms with van der Waals surface area (Å²) >= 11 is 0. The number of amidine groups is 1. The molecule has 2 saturated heterocycles. The third-order valence-electron chi connectivity index (χ3n) is 22.8. The first-order valence-corrected chi connectivity index (χ1v) is 42.3. The van der Waals surface area contributed by atoms with Crippen LogP contribution in [0.3, 0.4) is 0 Å². The van der Waals surface area contributed by atoms with Crippen LogP contribution in [0.5, 0.6) is 11.5 Å². The Morgan fingerprint density at radius 2 is 1.01 bits per heavy atom. The highest BCUT2D eigenvalue weighted by Crippen LogP contribution is 2.36. The summed E-state index contributed by atoms with van der Waals surface area (Å²) in [5, 5.41) is 60.2. The lowest BCUT2D eigenvalue weighted by atomic mass is 9.85. The van der Waals surface area contributed by atoms with Gasteiger partial charge in [0.05, 0.1) is 38.0 Å². The molecule has 35 nitrogen and oxygen atoms in total. The predicted molar refractivity (Wildman–Crippen MR) is 466 cm³/mol. The van der Waals surface area contributed by atoms with E-state index in [0.29, 0.717) is 33.8 Å². The van der Waals surface area contributed by atoms with Gasteiger partial charge in [-0.2, -0.15) is 5.11 Å². The third kappa shape index (κ3) is 23.6. The van der Waals surface area contributed by atoms with Gasteiger partial charge in [0, 0.05) is 46.4 Å². The SMILES string of the molecule is COC(=O)C1Cc2ccc(cc2)OCc2cn(nn2)C2CCN(C(=O)C(NC(=O)C(C)N(C)C(=O)OC(C)(C)C)C(C)(C)C)C2C(=O)NC(Cc2ccc3ccccc3c2)C(=O)NC(C(=N)NO)Cc2ccc(cc2)OCC2CN(N=N2)C2CCN(C(=O)C(NC(=O)C(C)N(C)C(=O)OC(C)(C)C)C(C)(C)C)C2C(=O)NC(Cc2ccc3ccccc3c2)C(=O)N1. The van der Waals surface area contributed by atoms with Gasteiger partial charge in [0.2, 0.25) is 47.3 Å². The average molecular weight is 1740 g/mol. The van der Waals surface area contributed by atoms with Gasteiger partial charge in [0.1, 0.15) is 108 Å². The van der Waals surface area contributed by atoms with Gasteiger partial charge in [-0.15, -0.1) is 5.10 Å². The Morgan fingerprint density at radius 3 is 1.46 bits per heavy atom. The smallest absolute Gasteiger partial charge is 0.410 e. The van der Waals surface area contributed by atoms with Gasteiger partial charge >= 0.3 is 18.2 Å². The highest BCUT2D eigenvalue weighted by molar-refractivity contribution is 6.00. The number of carbonyl (C=O) groups excluding carboxylic acids is 11. The van der Waals surface area contributed by atoms with E-state index in [9.17, 15) is 29.2 Å². The molecule has 0 spiro atoms. The number of hydroxylamine groups is 1. The van der Waals surface area contributed by atoms with Gasteiger partial charge in [-0.3, -0.25) is 69.3 Å². The number of esters is 1. The molecule has 8 bridgehead atoms. The second-order valence-corrected chi connectivity index (χ2v) is 36.8. The highest BCUT2D eigenvalue weighted by Gasteiger charge is 2.52. The van der Waals surface area contributed by atoms with Crippen LogP contribution >= 0.6 is 0 Å². The molecule has 13 atom stereocenters. The molecule has 0 aliphatic carbocycles. The first-order chi connectivity index (χ1) is 59.4. The third-order valence-corrected chi connectivity index (χ3v) is 22.8. The highest BCUT2D eigenvalue weighted by atomic mass is 16.6. The zero-order valence-electron chi connectivity index (χ0n) is 74.5. The fraction of sp³-hybridized carbons (Fsp3) is 0.495. The largest absolute Gasteiger partial charge is 0.491 e. The maximum Gasteiger partial charge on any atom is 0.410 e. The summed E-state index contributed by atoms with van der Waals surface area (Å²) in [7, 11) is 3.99. The van der Waals surface area contributed by atoms with Crippen LogP contribution in [0.1, 0.15) is 144 Å². The van der Waals surface area contributed by atoms with Crippen molar-refractivity contribution in [3.05, 3.63) is 168 Å². The number of methoxy groups -OCH3 is 1. The predicted octanol–water partition coefficient (Wildman–Crippen LogP) is 7.63. The Hall–Kier alpha value is -12.8. The van der Waals surface area contributed by atoms with Crippen molar-refractivity contribution in [2.45, 2.75) is 232 Å². The number of rotatable bonds is 14. The summed E-state index contributed by atoms with van der Waals surface area (Å²) in [5.41, 5.74) is 0.704. The lowest BCUT2D eigenvalue weighted by molar-refractivity contribution is -0.146. The summed E-state index contributed by atoms with van der Waals surface area (Å²) in [4.78, 5) is 168. The molecule has 6 aromatic carbocycles. The first kappa shape index (κ1) is 93.9. The lowest BCUT2D eigenvalue weighted by Gasteiger charge is -2.38. The molecule has 2 fully saturated rings. The minimum atomic E-state index is -1.46. The Labute approximate surface area is 732 Å². The number of ether oxygens (including phenoxy) is 5. The number of likely N-dealkylation sites (tertiary alicyclic amines) is 2. The van der Waals surface area contributed by atoms with E-state index in [1.807, 2.05) is 90.4 Å². The van der Waals surface area contributed by atoms with E-state index in [-0.39, 0.29) is 77.1 Å². The molecule has 1 aromatic heterocycles. The molecule has 7 aromatic rings.